The van der Waals surface area contributed by atoms with Gasteiger partial charge in [-0.2, -0.15) is 0 Å². The molecule has 2 N–H and O–H groups in total. The van der Waals surface area contributed by atoms with Crippen molar-refractivity contribution < 1.29 is 4.79 Å². The van der Waals surface area contributed by atoms with E-state index in [9.17, 15) is 4.79 Å². The second-order valence-electron chi connectivity index (χ2n) is 4.65. The van der Waals surface area contributed by atoms with Crippen LogP contribution in [0.4, 0.5) is 11.4 Å². The van der Waals surface area contributed by atoms with Crippen molar-refractivity contribution in [3.05, 3.63) is 58.1 Å². The fourth-order valence-corrected chi connectivity index (χ4v) is 2.18. The summed E-state index contributed by atoms with van der Waals surface area (Å²) in [6, 6.07) is 11.1. The molecule has 2 aromatic rings. The maximum atomic E-state index is 12.3. The average molecular weight is 289 g/mol. The summed E-state index contributed by atoms with van der Waals surface area (Å²) in [7, 11) is 1.85. The normalized spacial score (nSPS) is 10.2. The molecule has 4 heteroatoms. The Morgan fingerprint density at radius 1 is 1.15 bits per heavy atom. The fourth-order valence-electron chi connectivity index (χ4n) is 2.01. The van der Waals surface area contributed by atoms with Gasteiger partial charge in [0.1, 0.15) is 0 Å². The van der Waals surface area contributed by atoms with Gasteiger partial charge in [-0.05, 0) is 55.3 Å². The second-order valence-corrected chi connectivity index (χ2v) is 5.05. The molecule has 0 radical (unpaired) electrons. The van der Waals surface area contributed by atoms with E-state index in [1.165, 1.54) is 0 Å². The molecule has 0 saturated carbocycles. The fraction of sp³-hybridized carbons (Fsp3) is 0.188. The Morgan fingerprint density at radius 3 is 2.55 bits per heavy atom. The molecule has 2 rings (SSSR count). The van der Waals surface area contributed by atoms with Crippen LogP contribution in [0.5, 0.6) is 0 Å². The monoisotopic (exact) mass is 288 g/mol. The minimum atomic E-state index is -0.129. The zero-order chi connectivity index (χ0) is 14.7. The van der Waals surface area contributed by atoms with Gasteiger partial charge in [-0.3, -0.25) is 4.79 Å². The first kappa shape index (κ1) is 14.4. The molecule has 0 heterocycles. The van der Waals surface area contributed by atoms with Crippen LogP contribution in [0.3, 0.4) is 0 Å². The van der Waals surface area contributed by atoms with Gasteiger partial charge in [0, 0.05) is 29.0 Å². The summed E-state index contributed by atoms with van der Waals surface area (Å²) in [4.78, 5) is 12.3. The van der Waals surface area contributed by atoms with Crippen LogP contribution in [-0.2, 0) is 0 Å². The van der Waals surface area contributed by atoms with E-state index in [-0.39, 0.29) is 5.91 Å². The van der Waals surface area contributed by atoms with E-state index in [1.807, 2.05) is 51.2 Å². The van der Waals surface area contributed by atoms with Gasteiger partial charge in [0.25, 0.3) is 5.91 Å². The van der Waals surface area contributed by atoms with E-state index in [0.29, 0.717) is 10.6 Å². The number of carbonyl (C=O) groups is 1. The molecule has 0 fully saturated rings. The highest BCUT2D eigenvalue weighted by Crippen LogP contribution is 2.24. The third kappa shape index (κ3) is 2.94. The zero-order valence-electron chi connectivity index (χ0n) is 11.8. The van der Waals surface area contributed by atoms with E-state index in [2.05, 4.69) is 10.6 Å². The lowest BCUT2D eigenvalue weighted by molar-refractivity contribution is 0.102. The first-order valence-corrected chi connectivity index (χ1v) is 6.75. The van der Waals surface area contributed by atoms with Crippen molar-refractivity contribution >= 4 is 28.9 Å². The molecule has 0 aliphatic heterocycles. The number of rotatable bonds is 3. The van der Waals surface area contributed by atoms with E-state index in [1.54, 1.807) is 6.07 Å². The van der Waals surface area contributed by atoms with Crippen molar-refractivity contribution in [2.75, 3.05) is 17.7 Å². The van der Waals surface area contributed by atoms with Crippen molar-refractivity contribution in [2.45, 2.75) is 13.8 Å². The van der Waals surface area contributed by atoms with Crippen LogP contribution in [-0.4, -0.2) is 13.0 Å². The minimum Gasteiger partial charge on any atom is -0.388 e. The molecule has 0 unspecified atom stereocenters. The highest BCUT2D eigenvalue weighted by Gasteiger charge is 2.11. The van der Waals surface area contributed by atoms with Gasteiger partial charge in [0.05, 0.1) is 0 Å². The Bertz CT molecular complexity index is 653. The first-order chi connectivity index (χ1) is 9.52. The molecule has 0 bridgehead atoms. The molecular formula is C16H17ClN2O. The number of hydrogen-bond donors (Lipinski definition) is 2. The number of benzene rings is 2. The third-order valence-electron chi connectivity index (χ3n) is 3.28. The Labute approximate surface area is 124 Å². The van der Waals surface area contributed by atoms with Crippen LogP contribution in [0.15, 0.2) is 36.4 Å². The number of hydrogen-bond acceptors (Lipinski definition) is 2. The Kier molecular flexibility index (Phi) is 4.30. The predicted molar refractivity (Wildman–Crippen MR) is 84.9 cm³/mol. The van der Waals surface area contributed by atoms with Gasteiger partial charge in [0.2, 0.25) is 0 Å². The molecule has 0 atom stereocenters. The topological polar surface area (TPSA) is 41.1 Å². The maximum absolute atomic E-state index is 12.3. The quantitative estimate of drug-likeness (QED) is 0.886. The maximum Gasteiger partial charge on any atom is 0.255 e. The molecule has 0 aliphatic rings. The zero-order valence-corrected chi connectivity index (χ0v) is 12.5. The Balaban J connectivity index is 2.26. The highest BCUT2D eigenvalue weighted by molar-refractivity contribution is 6.31. The van der Waals surface area contributed by atoms with E-state index in [4.69, 9.17) is 11.6 Å². The number of aryl methyl sites for hydroxylation is 1. The Morgan fingerprint density at radius 2 is 1.90 bits per heavy atom. The van der Waals surface area contributed by atoms with Crippen LogP contribution >= 0.6 is 11.6 Å². The van der Waals surface area contributed by atoms with Gasteiger partial charge in [-0.1, -0.05) is 17.7 Å². The minimum absolute atomic E-state index is 0.129. The van der Waals surface area contributed by atoms with Gasteiger partial charge in [-0.25, -0.2) is 0 Å². The first-order valence-electron chi connectivity index (χ1n) is 6.38. The van der Waals surface area contributed by atoms with Gasteiger partial charge < -0.3 is 10.6 Å². The molecule has 1 amide bonds. The lowest BCUT2D eigenvalue weighted by Crippen LogP contribution is -2.14. The van der Waals surface area contributed by atoms with E-state index >= 15 is 0 Å². The van der Waals surface area contributed by atoms with Gasteiger partial charge >= 0.3 is 0 Å². The summed E-state index contributed by atoms with van der Waals surface area (Å²) in [5.74, 6) is -0.129. The summed E-state index contributed by atoms with van der Waals surface area (Å²) >= 11 is 6.05. The molecule has 0 saturated heterocycles. The van der Waals surface area contributed by atoms with Crippen molar-refractivity contribution in [1.82, 2.24) is 0 Å². The highest BCUT2D eigenvalue weighted by atomic mass is 35.5. The second kappa shape index (κ2) is 5.97. The third-order valence-corrected chi connectivity index (χ3v) is 3.69. The molecule has 0 aromatic heterocycles. The van der Waals surface area contributed by atoms with E-state index < -0.39 is 0 Å². The number of anilines is 2. The molecular weight excluding hydrogens is 272 g/mol. The molecule has 20 heavy (non-hydrogen) atoms. The van der Waals surface area contributed by atoms with Crippen LogP contribution in [0, 0.1) is 13.8 Å². The lowest BCUT2D eigenvalue weighted by Gasteiger charge is -2.12. The standard InChI is InChI=1S/C16H17ClN2O/c1-10-9-12(18-3)7-8-13(10)16(20)19-15-6-4-5-14(17)11(15)2/h4-9,18H,1-3H3,(H,19,20). The SMILES string of the molecule is CNc1ccc(C(=O)Nc2cccc(Cl)c2C)c(C)c1. The number of carbonyl (C=O) groups excluding carboxylic acids is 1. The van der Waals surface area contributed by atoms with Crippen molar-refractivity contribution in [2.24, 2.45) is 0 Å². The summed E-state index contributed by atoms with van der Waals surface area (Å²) in [6.07, 6.45) is 0. The largest absolute Gasteiger partial charge is 0.388 e. The summed E-state index contributed by atoms with van der Waals surface area (Å²) in [5, 5.41) is 6.60. The van der Waals surface area contributed by atoms with Gasteiger partial charge in [-0.15, -0.1) is 0 Å². The van der Waals surface area contributed by atoms with Crippen LogP contribution < -0.4 is 10.6 Å². The van der Waals surface area contributed by atoms with Gasteiger partial charge in [0.15, 0.2) is 0 Å². The number of nitrogens with one attached hydrogen (secondary N) is 2. The number of amides is 1. The van der Waals surface area contributed by atoms with Crippen molar-refractivity contribution in [3.63, 3.8) is 0 Å². The van der Waals surface area contributed by atoms with E-state index in [0.717, 1.165) is 22.5 Å². The van der Waals surface area contributed by atoms with Crippen LogP contribution in [0.1, 0.15) is 21.5 Å². The summed E-state index contributed by atoms with van der Waals surface area (Å²) < 4.78 is 0. The number of halogens is 1. The van der Waals surface area contributed by atoms with Crippen molar-refractivity contribution in [3.8, 4) is 0 Å². The summed E-state index contributed by atoms with van der Waals surface area (Å²) in [5.41, 5.74) is 4.17. The average Bonchev–Trinajstić information content (AvgIpc) is 2.43. The molecule has 0 aliphatic carbocycles. The van der Waals surface area contributed by atoms with Crippen LogP contribution in [0.25, 0.3) is 0 Å². The van der Waals surface area contributed by atoms with Crippen LogP contribution in [0.2, 0.25) is 5.02 Å². The molecule has 2 aromatic carbocycles. The Hall–Kier alpha value is -2.00. The smallest absolute Gasteiger partial charge is 0.255 e. The predicted octanol–water partition coefficient (Wildman–Crippen LogP) is 4.25. The molecule has 104 valence electrons. The molecule has 3 nitrogen and oxygen atoms in total. The van der Waals surface area contributed by atoms with Crippen molar-refractivity contribution in [1.29, 1.82) is 0 Å². The molecule has 0 spiro atoms. The summed E-state index contributed by atoms with van der Waals surface area (Å²) in [6.45, 7) is 3.80. The lowest BCUT2D eigenvalue weighted by atomic mass is 10.1.